The second-order valence-electron chi connectivity index (χ2n) is 3.65. The Kier molecular flexibility index (Phi) is 3.44. The molecule has 86 valence electrons. The van der Waals surface area contributed by atoms with Gasteiger partial charge in [0, 0.05) is 7.05 Å². The first kappa shape index (κ1) is 12.5. The fourth-order valence-corrected chi connectivity index (χ4v) is 3.12. The van der Waals surface area contributed by atoms with Gasteiger partial charge in [0.25, 0.3) is 0 Å². The summed E-state index contributed by atoms with van der Waals surface area (Å²) in [5, 5.41) is 13.8. The minimum Gasteiger partial charge on any atom is -0.339 e. The summed E-state index contributed by atoms with van der Waals surface area (Å²) in [6.07, 6.45) is -0.671. The first-order chi connectivity index (χ1) is 6.81. The van der Waals surface area contributed by atoms with E-state index in [4.69, 9.17) is 18.1 Å². The summed E-state index contributed by atoms with van der Waals surface area (Å²) < 4.78 is 0.000512. The van der Waals surface area contributed by atoms with Gasteiger partial charge in [0.05, 0.1) is 4.75 Å². The molecule has 15 heavy (non-hydrogen) atoms. The Hall–Kier alpha value is -0.570. The van der Waals surface area contributed by atoms with Crippen LogP contribution in [0, 0.1) is 0 Å². The lowest BCUT2D eigenvalue weighted by molar-refractivity contribution is -0.118. The smallest absolute Gasteiger partial charge is 0.339 e. The molecule has 0 spiro atoms. The number of carbonyl (C=O) groups is 1. The summed E-state index contributed by atoms with van der Waals surface area (Å²) in [5.74, 6) is 5.68. The zero-order valence-electron chi connectivity index (χ0n) is 8.72. The van der Waals surface area contributed by atoms with E-state index in [1.807, 2.05) is 13.8 Å². The molecule has 0 aromatic rings. The highest BCUT2D eigenvalue weighted by Crippen LogP contribution is 2.40. The van der Waals surface area contributed by atoms with Gasteiger partial charge >= 0.3 is 6.03 Å². The van der Waals surface area contributed by atoms with Crippen LogP contribution in [0.25, 0.3) is 0 Å². The van der Waals surface area contributed by atoms with Crippen molar-refractivity contribution in [3.8, 4) is 0 Å². The average Bonchev–Trinajstić information content (AvgIpc) is 2.34. The Balaban J connectivity index is 2.92. The maximum atomic E-state index is 11.3. The van der Waals surface area contributed by atoms with Gasteiger partial charge in [0.1, 0.15) is 0 Å². The van der Waals surface area contributed by atoms with Crippen LogP contribution in [-0.2, 0) is 0 Å². The van der Waals surface area contributed by atoms with Crippen LogP contribution in [0.3, 0.4) is 0 Å². The van der Waals surface area contributed by atoms with Crippen molar-refractivity contribution in [2.45, 2.75) is 24.8 Å². The maximum Gasteiger partial charge on any atom is 0.342 e. The molecule has 8 heteroatoms. The predicted octanol–water partition coefficient (Wildman–Crippen LogP) is 0.329. The van der Waals surface area contributed by atoms with E-state index in [2.05, 4.69) is 5.32 Å². The summed E-state index contributed by atoms with van der Waals surface area (Å²) in [6.45, 7) is 3.71. The number of thiocarbonyl (C=S) groups is 1. The second-order valence-corrected chi connectivity index (χ2v) is 5.94. The van der Waals surface area contributed by atoms with Gasteiger partial charge in [-0.3, -0.25) is 10.2 Å². The van der Waals surface area contributed by atoms with E-state index in [9.17, 15) is 10.0 Å². The molecule has 6 nitrogen and oxygen atoms in total. The van der Waals surface area contributed by atoms with Gasteiger partial charge in [0.15, 0.2) is 10.5 Å². The van der Waals surface area contributed by atoms with Crippen molar-refractivity contribution in [2.24, 2.45) is 5.84 Å². The third-order valence-corrected chi connectivity index (χ3v) is 3.68. The van der Waals surface area contributed by atoms with Crippen LogP contribution in [0.5, 0.6) is 0 Å². The topological polar surface area (TPSA) is 81.8 Å². The first-order valence-corrected chi connectivity index (χ1v) is 5.50. The maximum absolute atomic E-state index is 11.3. The number of hydroxylamine groups is 2. The molecular formula is C7H14N4O2S2. The number of hydrogen-bond acceptors (Lipinski definition) is 5. The normalized spacial score (nSPS) is 24.2. The minimum absolute atomic E-state index is 0.451. The molecule has 0 aromatic carbocycles. The van der Waals surface area contributed by atoms with Gasteiger partial charge in [-0.2, -0.15) is 5.06 Å². The number of nitrogens with zero attached hydrogens (tertiary/aromatic N) is 2. The van der Waals surface area contributed by atoms with Crippen LogP contribution in [0.1, 0.15) is 13.8 Å². The van der Waals surface area contributed by atoms with Gasteiger partial charge in [-0.05, 0) is 13.8 Å². The lowest BCUT2D eigenvalue weighted by atomic mass is 10.1. The number of hydrazine groups is 1. The van der Waals surface area contributed by atoms with Crippen molar-refractivity contribution in [2.75, 3.05) is 7.05 Å². The summed E-state index contributed by atoms with van der Waals surface area (Å²) in [4.78, 5) is 11.3. The summed E-state index contributed by atoms with van der Waals surface area (Å²) in [5.41, 5.74) is 0. The van der Waals surface area contributed by atoms with Crippen molar-refractivity contribution in [3.05, 3.63) is 0 Å². The first-order valence-electron chi connectivity index (χ1n) is 4.28. The molecule has 1 heterocycles. The van der Waals surface area contributed by atoms with Crippen molar-refractivity contribution in [3.63, 3.8) is 0 Å². The van der Waals surface area contributed by atoms with Crippen molar-refractivity contribution < 1.29 is 10.0 Å². The number of carbonyl (C=O) groups excluding carboxylic acids is 1. The molecule has 0 bridgehead atoms. The molecule has 2 amide bonds. The molecule has 0 saturated carbocycles. The van der Waals surface area contributed by atoms with Gasteiger partial charge in [-0.15, -0.1) is 0 Å². The SMILES string of the molecule is CNC(=O)N(O)[C@H]1N(N)C(=S)SC1(C)C. The number of rotatable bonds is 1. The van der Waals surface area contributed by atoms with E-state index >= 15 is 0 Å². The quantitative estimate of drug-likeness (QED) is 0.269. The van der Waals surface area contributed by atoms with Crippen LogP contribution in [0.4, 0.5) is 4.79 Å². The lowest BCUT2D eigenvalue weighted by Crippen LogP contribution is -2.58. The minimum atomic E-state index is -0.671. The van der Waals surface area contributed by atoms with Gasteiger partial charge in [-0.25, -0.2) is 10.6 Å². The zero-order chi connectivity index (χ0) is 11.8. The van der Waals surface area contributed by atoms with E-state index in [1.165, 1.54) is 23.8 Å². The van der Waals surface area contributed by atoms with Crippen LogP contribution in [0.2, 0.25) is 0 Å². The Morgan fingerprint density at radius 3 is 2.67 bits per heavy atom. The van der Waals surface area contributed by atoms with Crippen molar-refractivity contribution in [1.82, 2.24) is 15.4 Å². The van der Waals surface area contributed by atoms with Crippen LogP contribution in [0.15, 0.2) is 0 Å². The third-order valence-electron chi connectivity index (χ3n) is 2.10. The number of amides is 2. The molecule has 1 aliphatic rings. The van der Waals surface area contributed by atoms with E-state index < -0.39 is 16.9 Å². The highest BCUT2D eigenvalue weighted by molar-refractivity contribution is 8.24. The molecule has 1 fully saturated rings. The number of nitrogens with two attached hydrogens (primary N) is 1. The molecule has 1 aliphatic heterocycles. The van der Waals surface area contributed by atoms with Crippen molar-refractivity contribution >= 4 is 34.3 Å². The molecule has 4 N–H and O–H groups in total. The molecule has 0 aliphatic carbocycles. The van der Waals surface area contributed by atoms with Crippen LogP contribution < -0.4 is 11.2 Å². The Bertz CT molecular complexity index is 297. The predicted molar refractivity (Wildman–Crippen MR) is 62.2 cm³/mol. The zero-order valence-corrected chi connectivity index (χ0v) is 10.4. The van der Waals surface area contributed by atoms with Crippen molar-refractivity contribution in [1.29, 1.82) is 0 Å². The van der Waals surface area contributed by atoms with Crippen LogP contribution >= 0.6 is 24.0 Å². The fraction of sp³-hybridized carbons (Fsp3) is 0.714. The highest BCUT2D eigenvalue weighted by Gasteiger charge is 2.48. The summed E-state index contributed by atoms with van der Waals surface area (Å²) in [6, 6.07) is -0.617. The average molecular weight is 250 g/mol. The molecule has 1 atom stereocenters. The Morgan fingerprint density at radius 1 is 1.80 bits per heavy atom. The number of nitrogens with one attached hydrogen (secondary N) is 1. The molecule has 0 radical (unpaired) electrons. The molecular weight excluding hydrogens is 236 g/mol. The second kappa shape index (κ2) is 4.12. The summed E-state index contributed by atoms with van der Waals surface area (Å²) in [7, 11) is 1.43. The van der Waals surface area contributed by atoms with Gasteiger partial charge in [-0.1, -0.05) is 24.0 Å². The van der Waals surface area contributed by atoms with E-state index in [0.29, 0.717) is 9.38 Å². The fourth-order valence-electron chi connectivity index (χ4n) is 1.40. The highest BCUT2D eigenvalue weighted by atomic mass is 32.2. The molecule has 1 rings (SSSR count). The van der Waals surface area contributed by atoms with Gasteiger partial charge < -0.3 is 5.32 Å². The molecule has 1 saturated heterocycles. The summed E-state index contributed by atoms with van der Waals surface area (Å²) >= 11 is 6.35. The lowest BCUT2D eigenvalue weighted by Gasteiger charge is -2.34. The number of urea groups is 1. The Labute approximate surface area is 97.7 Å². The molecule has 0 aromatic heterocycles. The number of thioether (sulfide) groups is 1. The van der Waals surface area contributed by atoms with Gasteiger partial charge in [0.2, 0.25) is 0 Å². The Morgan fingerprint density at radius 2 is 2.33 bits per heavy atom. The third kappa shape index (κ3) is 2.17. The van der Waals surface area contributed by atoms with E-state index in [0.717, 1.165) is 0 Å². The van der Waals surface area contributed by atoms with E-state index in [1.54, 1.807) is 0 Å². The monoisotopic (exact) mass is 250 g/mol. The van der Waals surface area contributed by atoms with E-state index in [-0.39, 0.29) is 0 Å². The number of hydrogen-bond donors (Lipinski definition) is 3. The molecule has 0 unspecified atom stereocenters. The largest absolute Gasteiger partial charge is 0.342 e. The standard InChI is InChI=1S/C7H14N4O2S2/c1-7(2)4(10(8)6(14)15-7)11(13)5(12)9-3/h4,13H,8H2,1-3H3,(H,9,12)/t4-/m1/s1. The van der Waals surface area contributed by atoms with Crippen LogP contribution in [-0.4, -0.2) is 43.6 Å².